The van der Waals surface area contributed by atoms with Gasteiger partial charge in [0.1, 0.15) is 12.3 Å². The van der Waals surface area contributed by atoms with Crippen molar-refractivity contribution in [3.05, 3.63) is 61.1 Å². The Balaban J connectivity index is 2.25. The van der Waals surface area contributed by atoms with Crippen LogP contribution in [-0.4, -0.2) is 29.8 Å². The van der Waals surface area contributed by atoms with E-state index in [-0.39, 0.29) is 23.1 Å². The molecule has 11 heteroatoms. The summed E-state index contributed by atoms with van der Waals surface area (Å²) in [5.74, 6) is 2.92. The zero-order chi connectivity index (χ0) is 20.7. The molecule has 0 amide bonds. The molecular weight excluding hydrogens is 392 g/mol. The maximum absolute atomic E-state index is 11.1. The van der Waals surface area contributed by atoms with Gasteiger partial charge in [0.25, 0.3) is 5.69 Å². The van der Waals surface area contributed by atoms with E-state index < -0.39 is 21.2 Å². The number of nitrogens with zero attached hydrogens (tertiary/aromatic N) is 3. The summed E-state index contributed by atoms with van der Waals surface area (Å²) in [5, 5.41) is 26.0. The highest BCUT2D eigenvalue weighted by Gasteiger charge is 2.19. The summed E-state index contributed by atoms with van der Waals surface area (Å²) in [6.07, 6.45) is 6.49. The molecule has 1 N–H and O–H groups in total. The van der Waals surface area contributed by atoms with Gasteiger partial charge in [-0.25, -0.2) is 0 Å². The van der Waals surface area contributed by atoms with Crippen LogP contribution in [0.1, 0.15) is 5.56 Å². The lowest BCUT2D eigenvalue weighted by Gasteiger charge is -2.11. The van der Waals surface area contributed by atoms with Crippen molar-refractivity contribution < 1.29 is 19.3 Å². The molecule has 2 rings (SSSR count). The number of hydrogen-bond acceptors (Lipinski definition) is 8. The highest BCUT2D eigenvalue weighted by atomic mass is 35.5. The summed E-state index contributed by atoms with van der Waals surface area (Å²) in [4.78, 5) is 20.4. The molecule has 0 saturated carbocycles. The zero-order valence-electron chi connectivity index (χ0n) is 14.4. The molecular formula is C17H13ClN4O6. The van der Waals surface area contributed by atoms with Crippen LogP contribution in [-0.2, 0) is 0 Å². The van der Waals surface area contributed by atoms with E-state index >= 15 is 0 Å². The third kappa shape index (κ3) is 4.87. The van der Waals surface area contributed by atoms with E-state index in [2.05, 4.69) is 16.4 Å². The number of rotatable bonds is 8. The number of anilines is 1. The first-order valence-electron chi connectivity index (χ1n) is 7.53. The van der Waals surface area contributed by atoms with Crippen molar-refractivity contribution in [1.82, 2.24) is 0 Å². The number of nitro groups is 2. The molecule has 0 aliphatic carbocycles. The minimum atomic E-state index is -0.748. The zero-order valence-corrected chi connectivity index (χ0v) is 15.2. The highest BCUT2D eigenvalue weighted by molar-refractivity contribution is 6.32. The minimum Gasteiger partial charge on any atom is -0.493 e. The number of ether oxygens (including phenoxy) is 2. The Labute approximate surface area is 164 Å². The van der Waals surface area contributed by atoms with Crippen LogP contribution in [0.15, 0.2) is 35.4 Å². The van der Waals surface area contributed by atoms with Crippen LogP contribution >= 0.6 is 11.6 Å². The van der Waals surface area contributed by atoms with Gasteiger partial charge in [-0.3, -0.25) is 25.7 Å². The lowest BCUT2D eigenvalue weighted by atomic mass is 10.2. The maximum Gasteiger partial charge on any atom is 0.301 e. The number of methoxy groups -OCH3 is 1. The predicted octanol–water partition coefficient (Wildman–Crippen LogP) is 3.62. The van der Waals surface area contributed by atoms with Gasteiger partial charge in [0.05, 0.1) is 34.3 Å². The van der Waals surface area contributed by atoms with E-state index in [0.29, 0.717) is 11.3 Å². The topological polar surface area (TPSA) is 129 Å². The number of non-ortho nitro benzene ring substituents is 1. The molecule has 144 valence electrons. The molecule has 28 heavy (non-hydrogen) atoms. The van der Waals surface area contributed by atoms with E-state index in [1.807, 2.05) is 0 Å². The lowest BCUT2D eigenvalue weighted by molar-refractivity contribution is -0.393. The smallest absolute Gasteiger partial charge is 0.301 e. The first kappa shape index (κ1) is 20.5. The van der Waals surface area contributed by atoms with Crippen LogP contribution in [0.4, 0.5) is 17.1 Å². The largest absolute Gasteiger partial charge is 0.493 e. The summed E-state index contributed by atoms with van der Waals surface area (Å²) in [5.41, 5.74) is 2.08. The SMILES string of the molecule is C#CCOc1c(Cl)cc(/C=N\Nc2ccc([N+](=O)[O-])cc2[N+](=O)[O-])cc1OC. The Morgan fingerprint density at radius 2 is 2.04 bits per heavy atom. The lowest BCUT2D eigenvalue weighted by Crippen LogP contribution is -2.00. The predicted molar refractivity (Wildman–Crippen MR) is 103 cm³/mol. The third-order valence-electron chi connectivity index (χ3n) is 3.34. The first-order valence-corrected chi connectivity index (χ1v) is 7.91. The Morgan fingerprint density at radius 1 is 1.29 bits per heavy atom. The summed E-state index contributed by atoms with van der Waals surface area (Å²) in [6, 6.07) is 6.27. The average Bonchev–Trinajstić information content (AvgIpc) is 2.66. The fraction of sp³-hybridized carbons (Fsp3) is 0.118. The maximum atomic E-state index is 11.1. The number of nitrogens with one attached hydrogen (secondary N) is 1. The quantitative estimate of drug-likeness (QED) is 0.308. The molecule has 0 atom stereocenters. The first-order chi connectivity index (χ1) is 13.4. The number of nitro benzene ring substituents is 2. The van der Waals surface area contributed by atoms with Crippen molar-refractivity contribution in [2.24, 2.45) is 5.10 Å². The molecule has 0 fully saturated rings. The fourth-order valence-electron chi connectivity index (χ4n) is 2.12. The van der Waals surface area contributed by atoms with E-state index in [9.17, 15) is 20.2 Å². The highest BCUT2D eigenvalue weighted by Crippen LogP contribution is 2.36. The van der Waals surface area contributed by atoms with E-state index in [0.717, 1.165) is 12.1 Å². The van der Waals surface area contributed by atoms with Gasteiger partial charge >= 0.3 is 5.69 Å². The van der Waals surface area contributed by atoms with Crippen molar-refractivity contribution in [3.63, 3.8) is 0 Å². The van der Waals surface area contributed by atoms with Gasteiger partial charge in [-0.15, -0.1) is 6.42 Å². The molecule has 0 aliphatic heterocycles. The van der Waals surface area contributed by atoms with Crippen LogP contribution in [0.3, 0.4) is 0 Å². The molecule has 0 radical (unpaired) electrons. The molecule has 10 nitrogen and oxygen atoms in total. The molecule has 0 aromatic heterocycles. The number of hydrazone groups is 1. The van der Waals surface area contributed by atoms with Crippen LogP contribution in [0.5, 0.6) is 11.5 Å². The summed E-state index contributed by atoms with van der Waals surface area (Å²) in [6.45, 7) is 0.00881. The Morgan fingerprint density at radius 3 is 2.64 bits per heavy atom. The number of benzene rings is 2. The van der Waals surface area contributed by atoms with Gasteiger partial charge in [-0.2, -0.15) is 5.10 Å². The van der Waals surface area contributed by atoms with Gasteiger partial charge in [-0.1, -0.05) is 17.5 Å². The van der Waals surface area contributed by atoms with Crippen LogP contribution in [0.25, 0.3) is 0 Å². The van der Waals surface area contributed by atoms with Gasteiger partial charge < -0.3 is 9.47 Å². The average molecular weight is 405 g/mol. The Hall–Kier alpha value is -3.84. The Kier molecular flexibility index (Phi) is 6.73. The number of hydrogen-bond donors (Lipinski definition) is 1. The van der Waals surface area contributed by atoms with E-state index in [1.165, 1.54) is 25.5 Å². The standard InChI is InChI=1S/C17H13ClN4O6/c1-3-6-28-17-13(18)7-11(8-16(17)27-2)10-19-20-14-5-4-12(21(23)24)9-15(14)22(25)26/h1,4-5,7-10,20H,6H2,2H3/b19-10-. The van der Waals surface area contributed by atoms with Crippen molar-refractivity contribution >= 4 is 34.9 Å². The molecule has 2 aromatic carbocycles. The van der Waals surface area contributed by atoms with Gasteiger partial charge in [-0.05, 0) is 23.8 Å². The van der Waals surface area contributed by atoms with Crippen LogP contribution in [0.2, 0.25) is 5.02 Å². The second-order valence-corrected chi connectivity index (χ2v) is 5.52. The van der Waals surface area contributed by atoms with Crippen molar-refractivity contribution in [2.45, 2.75) is 0 Å². The van der Waals surface area contributed by atoms with Crippen molar-refractivity contribution in [2.75, 3.05) is 19.1 Å². The van der Waals surface area contributed by atoms with Crippen LogP contribution < -0.4 is 14.9 Å². The molecule has 0 heterocycles. The summed E-state index contributed by atoms with van der Waals surface area (Å²) in [7, 11) is 1.42. The number of terminal acetylenes is 1. The molecule has 0 bridgehead atoms. The summed E-state index contributed by atoms with van der Waals surface area (Å²) >= 11 is 6.15. The Bertz CT molecular complexity index is 986. The molecule has 2 aromatic rings. The minimum absolute atomic E-state index is 0.00881. The third-order valence-corrected chi connectivity index (χ3v) is 3.62. The summed E-state index contributed by atoms with van der Waals surface area (Å²) < 4.78 is 10.5. The monoisotopic (exact) mass is 404 g/mol. The molecule has 0 aliphatic rings. The normalized spacial score (nSPS) is 10.3. The van der Waals surface area contributed by atoms with Gasteiger partial charge in [0, 0.05) is 6.07 Å². The van der Waals surface area contributed by atoms with Gasteiger partial charge in [0.2, 0.25) is 0 Å². The second kappa shape index (κ2) is 9.20. The van der Waals surface area contributed by atoms with Gasteiger partial charge in [0.15, 0.2) is 11.5 Å². The second-order valence-electron chi connectivity index (χ2n) is 5.11. The number of halogens is 1. The molecule has 0 unspecified atom stereocenters. The van der Waals surface area contributed by atoms with Crippen molar-refractivity contribution in [1.29, 1.82) is 0 Å². The van der Waals surface area contributed by atoms with E-state index in [4.69, 9.17) is 27.5 Å². The molecule has 0 saturated heterocycles. The van der Waals surface area contributed by atoms with Crippen molar-refractivity contribution in [3.8, 4) is 23.8 Å². The fourth-order valence-corrected chi connectivity index (χ4v) is 2.40. The molecule has 0 spiro atoms. The van der Waals surface area contributed by atoms with Crippen LogP contribution in [0, 0.1) is 32.6 Å². The van der Waals surface area contributed by atoms with E-state index in [1.54, 1.807) is 6.07 Å².